The molecule has 0 saturated heterocycles. The van der Waals surface area contributed by atoms with Crippen LogP contribution in [-0.2, 0) is 4.79 Å². The average Bonchev–Trinajstić information content (AvgIpc) is 2.41. The monoisotopic (exact) mass is 276 g/mol. The van der Waals surface area contributed by atoms with Crippen molar-refractivity contribution in [1.82, 2.24) is 10.3 Å². The number of hydrogen-bond acceptors (Lipinski definition) is 5. The van der Waals surface area contributed by atoms with Crippen LogP contribution in [0.2, 0.25) is 0 Å². The predicted octanol–water partition coefficient (Wildman–Crippen LogP) is 1.99. The van der Waals surface area contributed by atoms with Gasteiger partial charge < -0.3 is 10.1 Å². The summed E-state index contributed by atoms with van der Waals surface area (Å²) >= 11 is 0. The third-order valence-corrected chi connectivity index (χ3v) is 2.41. The van der Waals surface area contributed by atoms with Gasteiger partial charge in [-0.15, -0.1) is 0 Å². The largest absolute Gasteiger partial charge is 0.352 e. The molecular formula is C14H20N4O2. The summed E-state index contributed by atoms with van der Waals surface area (Å²) in [5.74, 6) is 0.519. The summed E-state index contributed by atoms with van der Waals surface area (Å²) in [4.78, 5) is 26.6. The highest BCUT2D eigenvalue weighted by atomic mass is 16.1. The number of hydrazone groups is 1. The molecule has 0 aliphatic heterocycles. The predicted molar refractivity (Wildman–Crippen MR) is 78.9 cm³/mol. The molecule has 0 radical (unpaired) electrons. The number of pyridine rings is 1. The molecule has 0 aliphatic carbocycles. The lowest BCUT2D eigenvalue weighted by molar-refractivity contribution is -0.117. The summed E-state index contributed by atoms with van der Waals surface area (Å²) < 4.78 is 0. The normalized spacial score (nSPS) is 9.75. The van der Waals surface area contributed by atoms with E-state index in [4.69, 9.17) is 0 Å². The molecule has 1 rings (SSSR count). The van der Waals surface area contributed by atoms with E-state index in [0.29, 0.717) is 30.8 Å². The van der Waals surface area contributed by atoms with Gasteiger partial charge in [0.25, 0.3) is 5.91 Å². The Kier molecular flexibility index (Phi) is 6.36. The van der Waals surface area contributed by atoms with E-state index < -0.39 is 0 Å². The lowest BCUT2D eigenvalue weighted by Crippen LogP contribution is -2.24. The Bertz CT molecular complexity index is 490. The van der Waals surface area contributed by atoms with E-state index in [-0.39, 0.29) is 11.7 Å². The first-order valence-electron chi connectivity index (χ1n) is 6.49. The van der Waals surface area contributed by atoms with E-state index >= 15 is 0 Å². The Labute approximate surface area is 118 Å². The van der Waals surface area contributed by atoms with Gasteiger partial charge in [-0.1, -0.05) is 0 Å². The highest BCUT2D eigenvalue weighted by molar-refractivity contribution is 5.94. The Hall–Kier alpha value is -2.24. The first-order chi connectivity index (χ1) is 9.49. The second-order valence-electron chi connectivity index (χ2n) is 4.66. The molecule has 6 nitrogen and oxygen atoms in total. The Morgan fingerprint density at radius 2 is 2.00 bits per heavy atom. The third kappa shape index (κ3) is 6.08. The number of ketones is 1. The number of rotatable bonds is 7. The van der Waals surface area contributed by atoms with Gasteiger partial charge in [-0.05, 0) is 39.3 Å². The van der Waals surface area contributed by atoms with Crippen molar-refractivity contribution in [2.45, 2.75) is 33.6 Å². The summed E-state index contributed by atoms with van der Waals surface area (Å²) in [5.41, 5.74) is 4.15. The first kappa shape index (κ1) is 15.8. The van der Waals surface area contributed by atoms with E-state index in [1.54, 1.807) is 12.1 Å². The quantitative estimate of drug-likeness (QED) is 0.453. The number of anilines is 1. The van der Waals surface area contributed by atoms with Crippen molar-refractivity contribution in [3.05, 3.63) is 23.9 Å². The van der Waals surface area contributed by atoms with Crippen LogP contribution in [0.15, 0.2) is 23.4 Å². The first-order valence-corrected chi connectivity index (χ1v) is 6.49. The summed E-state index contributed by atoms with van der Waals surface area (Å²) in [6.45, 7) is 5.77. The van der Waals surface area contributed by atoms with Gasteiger partial charge in [0.1, 0.15) is 11.6 Å². The van der Waals surface area contributed by atoms with Crippen LogP contribution in [0, 0.1) is 0 Å². The van der Waals surface area contributed by atoms with Crippen molar-refractivity contribution in [3.8, 4) is 0 Å². The Morgan fingerprint density at radius 3 is 2.55 bits per heavy atom. The zero-order valence-corrected chi connectivity index (χ0v) is 12.1. The van der Waals surface area contributed by atoms with Crippen molar-refractivity contribution in [1.29, 1.82) is 0 Å². The number of nitrogens with one attached hydrogen (secondary N) is 2. The number of carbonyl (C=O) groups is 2. The SMILES string of the molecule is CC(=O)CCCNC(=O)c1ccc(NN=C(C)C)nc1. The zero-order valence-electron chi connectivity index (χ0n) is 12.1. The molecule has 1 heterocycles. The molecule has 0 atom stereocenters. The fourth-order valence-electron chi connectivity index (χ4n) is 1.40. The summed E-state index contributed by atoms with van der Waals surface area (Å²) in [7, 11) is 0. The smallest absolute Gasteiger partial charge is 0.252 e. The molecule has 1 aromatic rings. The van der Waals surface area contributed by atoms with Crippen LogP contribution < -0.4 is 10.7 Å². The van der Waals surface area contributed by atoms with E-state index in [0.717, 1.165) is 5.71 Å². The third-order valence-electron chi connectivity index (χ3n) is 2.41. The molecule has 1 aromatic heterocycles. The number of aromatic nitrogens is 1. The molecule has 0 saturated carbocycles. The molecular weight excluding hydrogens is 256 g/mol. The molecule has 0 aliphatic rings. The minimum absolute atomic E-state index is 0.128. The van der Waals surface area contributed by atoms with Crippen LogP contribution >= 0.6 is 0 Å². The summed E-state index contributed by atoms with van der Waals surface area (Å²) in [6, 6.07) is 3.37. The number of Topliss-reactive ketones (excluding diaryl/α,β-unsaturated/α-hetero) is 1. The highest BCUT2D eigenvalue weighted by Gasteiger charge is 2.05. The van der Waals surface area contributed by atoms with Crippen molar-refractivity contribution in [3.63, 3.8) is 0 Å². The maximum Gasteiger partial charge on any atom is 0.252 e. The van der Waals surface area contributed by atoms with E-state index in [1.807, 2.05) is 13.8 Å². The van der Waals surface area contributed by atoms with Gasteiger partial charge >= 0.3 is 0 Å². The van der Waals surface area contributed by atoms with Gasteiger partial charge in [0.15, 0.2) is 0 Å². The van der Waals surface area contributed by atoms with Gasteiger partial charge in [-0.3, -0.25) is 10.2 Å². The number of carbonyl (C=O) groups excluding carboxylic acids is 2. The van der Waals surface area contributed by atoms with Gasteiger partial charge in [-0.25, -0.2) is 4.98 Å². The Balaban J connectivity index is 2.45. The van der Waals surface area contributed by atoms with Crippen LogP contribution in [0.4, 0.5) is 5.82 Å². The van der Waals surface area contributed by atoms with Crippen LogP contribution in [-0.4, -0.2) is 28.9 Å². The molecule has 0 unspecified atom stereocenters. The lowest BCUT2D eigenvalue weighted by Gasteiger charge is -2.05. The molecule has 1 amide bonds. The van der Waals surface area contributed by atoms with E-state index in [2.05, 4.69) is 20.8 Å². The summed E-state index contributed by atoms with van der Waals surface area (Å²) in [6.07, 6.45) is 2.62. The number of nitrogens with zero attached hydrogens (tertiary/aromatic N) is 2. The molecule has 2 N–H and O–H groups in total. The molecule has 108 valence electrons. The van der Waals surface area contributed by atoms with Crippen molar-refractivity contribution >= 4 is 23.2 Å². The van der Waals surface area contributed by atoms with Crippen LogP contribution in [0.1, 0.15) is 44.0 Å². The zero-order chi connectivity index (χ0) is 15.0. The fourth-order valence-corrected chi connectivity index (χ4v) is 1.40. The standard InChI is InChI=1S/C14H20N4O2/c1-10(2)17-18-13-7-6-12(9-16-13)14(20)15-8-4-5-11(3)19/h6-7,9H,4-5,8H2,1-3H3,(H,15,20)(H,16,18). The molecule has 0 spiro atoms. The lowest BCUT2D eigenvalue weighted by atomic mass is 10.2. The fraction of sp³-hybridized carbons (Fsp3) is 0.429. The second-order valence-corrected chi connectivity index (χ2v) is 4.66. The minimum atomic E-state index is -0.192. The molecule has 0 bridgehead atoms. The number of hydrogen-bond donors (Lipinski definition) is 2. The highest BCUT2D eigenvalue weighted by Crippen LogP contribution is 2.05. The minimum Gasteiger partial charge on any atom is -0.352 e. The maximum atomic E-state index is 11.8. The van der Waals surface area contributed by atoms with Gasteiger partial charge in [0.05, 0.1) is 5.56 Å². The Morgan fingerprint density at radius 1 is 1.25 bits per heavy atom. The molecule has 0 aromatic carbocycles. The van der Waals surface area contributed by atoms with Crippen LogP contribution in [0.5, 0.6) is 0 Å². The van der Waals surface area contributed by atoms with Gasteiger partial charge in [0, 0.05) is 24.9 Å². The topological polar surface area (TPSA) is 83.5 Å². The van der Waals surface area contributed by atoms with Crippen LogP contribution in [0.3, 0.4) is 0 Å². The molecule has 0 fully saturated rings. The van der Waals surface area contributed by atoms with Crippen molar-refractivity contribution < 1.29 is 9.59 Å². The van der Waals surface area contributed by atoms with Crippen molar-refractivity contribution in [2.24, 2.45) is 5.10 Å². The molecule has 6 heteroatoms. The molecule has 20 heavy (non-hydrogen) atoms. The van der Waals surface area contributed by atoms with Gasteiger partial charge in [0.2, 0.25) is 0 Å². The van der Waals surface area contributed by atoms with Gasteiger partial charge in [-0.2, -0.15) is 5.10 Å². The van der Waals surface area contributed by atoms with Crippen LogP contribution in [0.25, 0.3) is 0 Å². The number of amides is 1. The second kappa shape index (κ2) is 8.04. The van der Waals surface area contributed by atoms with Crippen molar-refractivity contribution in [2.75, 3.05) is 12.0 Å². The summed E-state index contributed by atoms with van der Waals surface area (Å²) in [5, 5.41) is 6.76. The van der Waals surface area contributed by atoms with E-state index in [9.17, 15) is 9.59 Å². The van der Waals surface area contributed by atoms with E-state index in [1.165, 1.54) is 13.1 Å². The average molecular weight is 276 g/mol. The maximum absolute atomic E-state index is 11.8.